The number of imidazole rings is 1. The second-order valence-corrected chi connectivity index (χ2v) is 16.3. The maximum absolute atomic E-state index is 5.29. The average molecular weight is 817 g/mol. The summed E-state index contributed by atoms with van der Waals surface area (Å²) in [5.74, 6) is 2.79. The van der Waals surface area contributed by atoms with Crippen molar-refractivity contribution in [1.29, 1.82) is 0 Å². The van der Waals surface area contributed by atoms with Gasteiger partial charge in [0.05, 0.1) is 27.6 Å². The Hall–Kier alpha value is -8.74. The Morgan fingerprint density at radius 1 is 0.281 bits per heavy atom. The van der Waals surface area contributed by atoms with Crippen molar-refractivity contribution in [3.8, 4) is 73.5 Å². The van der Waals surface area contributed by atoms with E-state index in [0.29, 0.717) is 17.5 Å². The number of para-hydroxylation sites is 1. The molecule has 6 nitrogen and oxygen atoms in total. The van der Waals surface area contributed by atoms with E-state index in [0.717, 1.165) is 83.6 Å². The standard InChI is InChI=1S/C58H36N6/c1-4-13-37(14-5-1)39-23-27-41(28-24-39)55-60-56(42-29-25-40(26-30-42)38-15-6-2-7-16-38)62-57(61-55)43-31-33-45(34-32-43)63-50-22-12-20-47-46-19-10-11-21-49(46)64-54-48(35-36-51(63)53(54)52(47)50)59-58(64)44-17-8-3-9-18-44/h1-36H. The lowest BCUT2D eigenvalue weighted by atomic mass is 10.0. The van der Waals surface area contributed by atoms with Crippen molar-refractivity contribution in [3.05, 3.63) is 218 Å². The SMILES string of the molecule is c1ccc(-c2ccc(-c3nc(-c4ccc(-c5ccccc5)cc4)nc(-c4ccc(-n5c6cccc7c8ccccc8n8c(-c9ccccc9)nc9ccc5c(c76)c98)cc4)n3)cc2)cc1. The summed E-state index contributed by atoms with van der Waals surface area (Å²) in [6.07, 6.45) is 0. The van der Waals surface area contributed by atoms with Crippen LogP contribution in [0, 0.1) is 0 Å². The topological polar surface area (TPSA) is 60.9 Å². The molecule has 0 radical (unpaired) electrons. The van der Waals surface area contributed by atoms with Gasteiger partial charge in [-0.05, 0) is 76.2 Å². The second kappa shape index (κ2) is 14.4. The third-order valence-electron chi connectivity index (χ3n) is 12.6. The number of nitrogens with zero attached hydrogens (tertiary/aromatic N) is 6. The molecule has 0 bridgehead atoms. The Morgan fingerprint density at radius 3 is 1.30 bits per heavy atom. The fraction of sp³-hybridized carbons (Fsp3) is 0. The molecule has 6 heteroatoms. The van der Waals surface area contributed by atoms with Crippen LogP contribution in [0.15, 0.2) is 218 Å². The highest BCUT2D eigenvalue weighted by Gasteiger charge is 2.24. The van der Waals surface area contributed by atoms with Crippen molar-refractivity contribution in [3.63, 3.8) is 0 Å². The molecule has 0 spiro atoms. The predicted molar refractivity (Wildman–Crippen MR) is 262 cm³/mol. The zero-order valence-electron chi connectivity index (χ0n) is 34.5. The van der Waals surface area contributed by atoms with Crippen molar-refractivity contribution < 1.29 is 0 Å². The Balaban J connectivity index is 0.964. The summed E-state index contributed by atoms with van der Waals surface area (Å²) in [6, 6.07) is 76.7. The van der Waals surface area contributed by atoms with E-state index in [1.54, 1.807) is 0 Å². The first-order valence-electron chi connectivity index (χ1n) is 21.6. The van der Waals surface area contributed by atoms with Gasteiger partial charge in [-0.3, -0.25) is 4.40 Å². The number of fused-ring (bicyclic) bond motifs is 3. The zero-order chi connectivity index (χ0) is 42.1. The third-order valence-corrected chi connectivity index (χ3v) is 12.6. The number of rotatable bonds is 7. The van der Waals surface area contributed by atoms with Crippen LogP contribution in [0.5, 0.6) is 0 Å². The highest BCUT2D eigenvalue weighted by atomic mass is 15.1. The lowest BCUT2D eigenvalue weighted by molar-refractivity contribution is 1.07. The first-order chi connectivity index (χ1) is 31.7. The quantitative estimate of drug-likeness (QED) is 0.161. The molecule has 0 saturated carbocycles. The molecular weight excluding hydrogens is 781 g/mol. The van der Waals surface area contributed by atoms with Crippen molar-refractivity contribution in [2.24, 2.45) is 0 Å². The van der Waals surface area contributed by atoms with E-state index in [1.165, 1.54) is 21.5 Å². The minimum Gasteiger partial charge on any atom is -0.309 e. The minimum atomic E-state index is 0.611. The van der Waals surface area contributed by atoms with E-state index >= 15 is 0 Å². The van der Waals surface area contributed by atoms with Gasteiger partial charge in [0.25, 0.3) is 0 Å². The van der Waals surface area contributed by atoms with Gasteiger partial charge >= 0.3 is 0 Å². The molecule has 0 atom stereocenters. The first-order valence-corrected chi connectivity index (χ1v) is 21.6. The summed E-state index contributed by atoms with van der Waals surface area (Å²) >= 11 is 0. The van der Waals surface area contributed by atoms with Gasteiger partial charge in [0, 0.05) is 44.1 Å². The molecule has 0 aliphatic heterocycles. The average Bonchev–Trinajstić information content (AvgIpc) is 3.90. The molecule has 0 N–H and O–H groups in total. The maximum Gasteiger partial charge on any atom is 0.164 e. The molecule has 9 aromatic carbocycles. The van der Waals surface area contributed by atoms with Gasteiger partial charge in [0.15, 0.2) is 17.5 Å². The summed E-state index contributed by atoms with van der Waals surface area (Å²) in [6.45, 7) is 0. The normalized spacial score (nSPS) is 11.8. The molecule has 64 heavy (non-hydrogen) atoms. The summed E-state index contributed by atoms with van der Waals surface area (Å²) in [4.78, 5) is 20.6. The van der Waals surface area contributed by atoms with Crippen LogP contribution in [0.2, 0.25) is 0 Å². The van der Waals surface area contributed by atoms with Crippen LogP contribution in [-0.4, -0.2) is 28.9 Å². The van der Waals surface area contributed by atoms with Crippen LogP contribution in [0.3, 0.4) is 0 Å². The van der Waals surface area contributed by atoms with Crippen LogP contribution in [0.25, 0.3) is 123 Å². The summed E-state index contributed by atoms with van der Waals surface area (Å²) in [7, 11) is 0. The summed E-state index contributed by atoms with van der Waals surface area (Å²) in [5.41, 5.74) is 15.0. The van der Waals surface area contributed by atoms with Crippen LogP contribution >= 0.6 is 0 Å². The van der Waals surface area contributed by atoms with E-state index in [9.17, 15) is 0 Å². The minimum absolute atomic E-state index is 0.611. The van der Waals surface area contributed by atoms with Gasteiger partial charge in [-0.25, -0.2) is 19.9 Å². The number of hydrogen-bond donors (Lipinski definition) is 0. The predicted octanol–water partition coefficient (Wildman–Crippen LogP) is 14.4. The van der Waals surface area contributed by atoms with Crippen molar-refractivity contribution in [2.45, 2.75) is 0 Å². The lowest BCUT2D eigenvalue weighted by Gasteiger charge is -2.12. The molecule has 0 unspecified atom stereocenters. The highest BCUT2D eigenvalue weighted by molar-refractivity contribution is 6.30. The summed E-state index contributed by atoms with van der Waals surface area (Å²) < 4.78 is 4.76. The summed E-state index contributed by atoms with van der Waals surface area (Å²) in [5, 5.41) is 4.81. The fourth-order valence-electron chi connectivity index (χ4n) is 9.53. The van der Waals surface area contributed by atoms with Crippen molar-refractivity contribution in [1.82, 2.24) is 28.9 Å². The van der Waals surface area contributed by atoms with Crippen LogP contribution in [0.4, 0.5) is 0 Å². The van der Waals surface area contributed by atoms with Crippen molar-refractivity contribution in [2.75, 3.05) is 0 Å². The molecule has 13 aromatic rings. The first kappa shape index (κ1) is 36.0. The lowest BCUT2D eigenvalue weighted by Crippen LogP contribution is -2.01. The van der Waals surface area contributed by atoms with E-state index in [2.05, 4.69) is 215 Å². The third kappa shape index (κ3) is 5.73. The molecule has 0 amide bonds. The van der Waals surface area contributed by atoms with E-state index in [4.69, 9.17) is 19.9 Å². The van der Waals surface area contributed by atoms with E-state index < -0.39 is 0 Å². The maximum atomic E-state index is 5.29. The monoisotopic (exact) mass is 816 g/mol. The van der Waals surface area contributed by atoms with Crippen molar-refractivity contribution >= 4 is 49.1 Å². The molecule has 0 saturated heterocycles. The highest BCUT2D eigenvalue weighted by Crippen LogP contribution is 2.44. The molecule has 13 rings (SSSR count). The molecular formula is C58H36N6. The van der Waals surface area contributed by atoms with Crippen LogP contribution < -0.4 is 0 Å². The van der Waals surface area contributed by atoms with Crippen LogP contribution in [0.1, 0.15) is 0 Å². The Kier molecular flexibility index (Phi) is 8.11. The second-order valence-electron chi connectivity index (χ2n) is 16.3. The molecule has 0 fully saturated rings. The Labute approximate surface area is 368 Å². The number of aromatic nitrogens is 6. The number of hydrogen-bond acceptors (Lipinski definition) is 4. The van der Waals surface area contributed by atoms with E-state index in [1.807, 2.05) is 12.1 Å². The van der Waals surface area contributed by atoms with Gasteiger partial charge < -0.3 is 4.57 Å². The van der Waals surface area contributed by atoms with Gasteiger partial charge in [0.2, 0.25) is 0 Å². The fourth-order valence-corrected chi connectivity index (χ4v) is 9.53. The number of benzene rings is 9. The zero-order valence-corrected chi connectivity index (χ0v) is 34.5. The van der Waals surface area contributed by atoms with Gasteiger partial charge in [-0.2, -0.15) is 0 Å². The van der Waals surface area contributed by atoms with Crippen LogP contribution in [-0.2, 0) is 0 Å². The molecule has 4 heterocycles. The molecule has 0 aliphatic carbocycles. The smallest absolute Gasteiger partial charge is 0.164 e. The Morgan fingerprint density at radius 2 is 0.719 bits per heavy atom. The van der Waals surface area contributed by atoms with Gasteiger partial charge in [-0.1, -0.05) is 170 Å². The van der Waals surface area contributed by atoms with Gasteiger partial charge in [-0.15, -0.1) is 0 Å². The van der Waals surface area contributed by atoms with E-state index in [-0.39, 0.29) is 0 Å². The largest absolute Gasteiger partial charge is 0.309 e. The molecule has 0 aliphatic rings. The molecule has 298 valence electrons. The Bertz CT molecular complexity index is 3740. The molecule has 4 aromatic heterocycles. The van der Waals surface area contributed by atoms with Gasteiger partial charge in [0.1, 0.15) is 5.82 Å².